The van der Waals surface area contributed by atoms with Crippen LogP contribution in [0.5, 0.6) is 5.75 Å². The second-order valence-corrected chi connectivity index (χ2v) is 12.0. The lowest BCUT2D eigenvalue weighted by Gasteiger charge is -2.31. The minimum absolute atomic E-state index is 0.147. The van der Waals surface area contributed by atoms with Crippen molar-refractivity contribution >= 4 is 36.2 Å². The van der Waals surface area contributed by atoms with Crippen LogP contribution in [0.25, 0.3) is 6.08 Å². The molecule has 6 rings (SSSR count). The van der Waals surface area contributed by atoms with Gasteiger partial charge in [0, 0.05) is 5.92 Å². The lowest BCUT2D eigenvalue weighted by atomic mass is 9.69. The number of anilines is 1. The lowest BCUT2D eigenvalue weighted by molar-refractivity contribution is -0.122. The Morgan fingerprint density at radius 1 is 1.02 bits per heavy atom. The van der Waals surface area contributed by atoms with Crippen molar-refractivity contribution in [3.8, 4) is 5.75 Å². The van der Waals surface area contributed by atoms with E-state index in [1.54, 1.807) is 24.3 Å². The van der Waals surface area contributed by atoms with Crippen molar-refractivity contribution in [3.05, 3.63) is 95.0 Å². The van der Waals surface area contributed by atoms with Gasteiger partial charge in [-0.25, -0.2) is 0 Å². The van der Waals surface area contributed by atoms with Gasteiger partial charge in [0.1, 0.15) is 30.5 Å². The standard InChI is InChI=1S/C35H38BNO8/c1-2-7-22(16-27-13-14-28(19-38)45-27)12-15-31-32-23(20-43-26-10-4-3-5-11-26)17-29-33(30(32)21-44-31)35(40)37(34(29)39)25-9-6-8-24(18-25)36(41)42/h3-6,8-11,13-14,16,18,29-31,33,38,41-42H,2,7,12,15,17,19-21H2,1H3/b22-16+/t29-,30+,31-,33-/m1/s1. The van der Waals surface area contributed by atoms with Gasteiger partial charge in [-0.2, -0.15) is 0 Å². The number of aliphatic hydroxyl groups excluding tert-OH is 1. The molecule has 3 aromatic rings. The molecule has 10 heteroatoms. The topological polar surface area (TPSA) is 130 Å². The molecule has 2 fully saturated rings. The lowest BCUT2D eigenvalue weighted by Crippen LogP contribution is -2.36. The van der Waals surface area contributed by atoms with E-state index in [1.165, 1.54) is 16.5 Å². The van der Waals surface area contributed by atoms with Crippen LogP contribution in [0.15, 0.2) is 87.9 Å². The first-order valence-corrected chi connectivity index (χ1v) is 15.6. The second-order valence-electron chi connectivity index (χ2n) is 12.0. The summed E-state index contributed by atoms with van der Waals surface area (Å²) in [5.41, 5.74) is 3.81. The maximum Gasteiger partial charge on any atom is 0.488 e. The molecule has 0 unspecified atom stereocenters. The first-order chi connectivity index (χ1) is 21.9. The summed E-state index contributed by atoms with van der Waals surface area (Å²) in [6.45, 7) is 2.61. The molecule has 3 heterocycles. The smallest absolute Gasteiger partial charge is 0.488 e. The van der Waals surface area contributed by atoms with Crippen LogP contribution in [0.3, 0.4) is 0 Å². The number of hydrogen-bond acceptors (Lipinski definition) is 8. The Balaban J connectivity index is 1.28. The van der Waals surface area contributed by atoms with Crippen molar-refractivity contribution in [2.24, 2.45) is 17.8 Å². The summed E-state index contributed by atoms with van der Waals surface area (Å²) < 4.78 is 18.3. The molecule has 1 aliphatic carbocycles. The van der Waals surface area contributed by atoms with E-state index in [1.807, 2.05) is 42.5 Å². The number of benzene rings is 2. The van der Waals surface area contributed by atoms with Gasteiger partial charge >= 0.3 is 7.12 Å². The van der Waals surface area contributed by atoms with Gasteiger partial charge in [-0.3, -0.25) is 14.5 Å². The predicted molar refractivity (Wildman–Crippen MR) is 169 cm³/mol. The molecule has 0 spiro atoms. The fourth-order valence-corrected chi connectivity index (χ4v) is 7.04. The molecule has 0 saturated carbocycles. The van der Waals surface area contributed by atoms with Crippen LogP contribution in [0.2, 0.25) is 0 Å². The molecule has 9 nitrogen and oxygen atoms in total. The molecule has 3 N–H and O–H groups in total. The van der Waals surface area contributed by atoms with E-state index in [-0.39, 0.29) is 35.9 Å². The highest BCUT2D eigenvalue weighted by molar-refractivity contribution is 6.58. The Kier molecular flexibility index (Phi) is 9.37. The zero-order valence-electron chi connectivity index (χ0n) is 25.3. The van der Waals surface area contributed by atoms with Crippen molar-refractivity contribution in [2.45, 2.75) is 51.7 Å². The average Bonchev–Trinajstić information content (AvgIpc) is 3.75. The molecule has 45 heavy (non-hydrogen) atoms. The summed E-state index contributed by atoms with van der Waals surface area (Å²) in [5, 5.41) is 28.8. The van der Waals surface area contributed by atoms with E-state index in [0.29, 0.717) is 43.3 Å². The molecule has 234 valence electrons. The van der Waals surface area contributed by atoms with Gasteiger partial charge in [0.2, 0.25) is 11.8 Å². The molecule has 4 atom stereocenters. The van der Waals surface area contributed by atoms with Gasteiger partial charge in [0.15, 0.2) is 0 Å². The quantitative estimate of drug-likeness (QED) is 0.159. The number of amides is 2. The van der Waals surface area contributed by atoms with Crippen LogP contribution in [-0.2, 0) is 20.9 Å². The van der Waals surface area contributed by atoms with Gasteiger partial charge in [0.05, 0.1) is 30.2 Å². The SMILES string of the molecule is CCC/C(=C\c1ccc(CO)o1)CC[C@H]1OC[C@H]2C1=C(COc1ccccc1)C[C@H]1C(=O)N(c3cccc(B(O)O)c3)C(=O)[C@H]12. The maximum absolute atomic E-state index is 14.0. The third kappa shape index (κ3) is 6.42. The summed E-state index contributed by atoms with van der Waals surface area (Å²) >= 11 is 0. The van der Waals surface area contributed by atoms with Gasteiger partial charge in [0.25, 0.3) is 0 Å². The second kappa shape index (κ2) is 13.6. The fraction of sp³-hybridized carbons (Fsp3) is 0.371. The number of carbonyl (C=O) groups is 2. The molecule has 0 bridgehead atoms. The van der Waals surface area contributed by atoms with Gasteiger partial charge in [-0.05, 0) is 84.8 Å². The highest BCUT2D eigenvalue weighted by atomic mass is 16.5. The Morgan fingerprint density at radius 3 is 2.58 bits per heavy atom. The van der Waals surface area contributed by atoms with E-state index >= 15 is 0 Å². The number of para-hydroxylation sites is 1. The predicted octanol–water partition coefficient (Wildman–Crippen LogP) is 4.02. The Hall–Kier alpha value is -3.96. The van der Waals surface area contributed by atoms with Crippen molar-refractivity contribution in [3.63, 3.8) is 0 Å². The molecule has 3 aliphatic rings. The summed E-state index contributed by atoms with van der Waals surface area (Å²) in [6.07, 6.45) is 5.54. The largest absolute Gasteiger partial charge is 0.489 e. The van der Waals surface area contributed by atoms with Crippen molar-refractivity contribution in [1.82, 2.24) is 0 Å². The minimum Gasteiger partial charge on any atom is -0.489 e. The van der Waals surface area contributed by atoms with Crippen LogP contribution in [0, 0.1) is 17.8 Å². The summed E-state index contributed by atoms with van der Waals surface area (Å²) in [5.74, 6) is 0.00436. The number of rotatable bonds is 12. The van der Waals surface area contributed by atoms with E-state index in [2.05, 4.69) is 6.92 Å². The van der Waals surface area contributed by atoms with Gasteiger partial charge in [-0.1, -0.05) is 49.2 Å². The Labute approximate surface area is 262 Å². The van der Waals surface area contributed by atoms with Crippen LogP contribution >= 0.6 is 0 Å². The highest BCUT2D eigenvalue weighted by Crippen LogP contribution is 2.50. The average molecular weight is 612 g/mol. The van der Waals surface area contributed by atoms with Crippen molar-refractivity contribution in [1.29, 1.82) is 0 Å². The molecular formula is C35H38BNO8. The number of furan rings is 1. The summed E-state index contributed by atoms with van der Waals surface area (Å²) in [4.78, 5) is 29.0. The third-order valence-corrected chi connectivity index (χ3v) is 9.07. The van der Waals surface area contributed by atoms with E-state index in [0.717, 1.165) is 36.2 Å². The zero-order valence-corrected chi connectivity index (χ0v) is 25.3. The molecule has 2 aliphatic heterocycles. The Bertz CT molecular complexity index is 1600. The number of imide groups is 1. The minimum atomic E-state index is -1.71. The summed E-state index contributed by atoms with van der Waals surface area (Å²) in [6, 6.07) is 19.4. The molecular weight excluding hydrogens is 573 g/mol. The van der Waals surface area contributed by atoms with Gasteiger partial charge < -0.3 is 29.0 Å². The normalized spacial score (nSPS) is 23.0. The number of allylic oxidation sites excluding steroid dienone is 1. The number of ether oxygens (including phenoxy) is 2. The molecule has 2 aromatic carbocycles. The monoisotopic (exact) mass is 611 g/mol. The van der Waals surface area contributed by atoms with E-state index in [9.17, 15) is 24.7 Å². The van der Waals surface area contributed by atoms with Gasteiger partial charge in [-0.15, -0.1) is 0 Å². The number of nitrogens with zero attached hydrogens (tertiary/aromatic N) is 1. The summed E-state index contributed by atoms with van der Waals surface area (Å²) in [7, 11) is -1.71. The van der Waals surface area contributed by atoms with Crippen molar-refractivity contribution in [2.75, 3.05) is 18.1 Å². The van der Waals surface area contributed by atoms with Crippen LogP contribution in [-0.4, -0.2) is 53.4 Å². The Morgan fingerprint density at radius 2 is 1.84 bits per heavy atom. The van der Waals surface area contributed by atoms with Crippen LogP contribution in [0.4, 0.5) is 5.69 Å². The molecule has 2 saturated heterocycles. The van der Waals surface area contributed by atoms with Crippen LogP contribution in [0.1, 0.15) is 50.5 Å². The third-order valence-electron chi connectivity index (χ3n) is 9.07. The molecule has 1 aromatic heterocycles. The maximum atomic E-state index is 14.0. The zero-order chi connectivity index (χ0) is 31.5. The highest BCUT2D eigenvalue weighted by Gasteiger charge is 2.57. The molecule has 0 radical (unpaired) electrons. The van der Waals surface area contributed by atoms with E-state index in [4.69, 9.17) is 13.9 Å². The first-order valence-electron chi connectivity index (χ1n) is 15.6. The number of aliphatic hydroxyl groups is 1. The van der Waals surface area contributed by atoms with Crippen molar-refractivity contribution < 1.29 is 38.6 Å². The number of carbonyl (C=O) groups excluding carboxylic acids is 2. The number of fused-ring (bicyclic) bond motifs is 3. The molecule has 2 amide bonds. The fourth-order valence-electron chi connectivity index (χ4n) is 7.04. The number of hydrogen-bond donors (Lipinski definition) is 3. The van der Waals surface area contributed by atoms with Crippen LogP contribution < -0.4 is 15.1 Å². The van der Waals surface area contributed by atoms with E-state index < -0.39 is 19.0 Å². The first kappa shape index (κ1) is 31.0.